The molecule has 16 heavy (non-hydrogen) atoms. The molecule has 2 aliphatic rings. The molecule has 0 saturated carbocycles. The van der Waals surface area contributed by atoms with Crippen LogP contribution < -0.4 is 0 Å². The molecule has 2 nitrogen and oxygen atoms in total. The highest BCUT2D eigenvalue weighted by Crippen LogP contribution is 2.51. The van der Waals surface area contributed by atoms with E-state index in [9.17, 15) is 0 Å². The molecule has 1 aliphatic heterocycles. The number of hydrogen-bond acceptors (Lipinski definition) is 2. The van der Waals surface area contributed by atoms with Gasteiger partial charge in [-0.2, -0.15) is 0 Å². The van der Waals surface area contributed by atoms with Gasteiger partial charge in [-0.25, -0.2) is 4.99 Å². The van der Waals surface area contributed by atoms with Crippen LogP contribution in [0.5, 0.6) is 0 Å². The maximum Gasteiger partial charge on any atom is 0.0704 e. The highest BCUT2D eigenvalue weighted by Gasteiger charge is 2.37. The number of alkyl halides is 1. The Morgan fingerprint density at radius 2 is 2.31 bits per heavy atom. The van der Waals surface area contributed by atoms with Crippen LogP contribution >= 0.6 is 22.6 Å². The first-order valence-corrected chi connectivity index (χ1v) is 6.13. The summed E-state index contributed by atoms with van der Waals surface area (Å²) in [7, 11) is 0. The number of halogens is 1. The molecule has 0 aromatic carbocycles. The maximum atomic E-state index is 4.20. The first-order valence-electron chi connectivity index (χ1n) is 5.05. The third-order valence-electron chi connectivity index (χ3n) is 3.01. The third-order valence-corrected chi connectivity index (χ3v) is 4.17. The molecule has 0 spiro atoms. The number of nitrogens with zero attached hydrogens (tertiary/aromatic N) is 2. The number of aliphatic imine (C=N–C) groups is 1. The van der Waals surface area contributed by atoms with Gasteiger partial charge in [0.15, 0.2) is 0 Å². The summed E-state index contributed by atoms with van der Waals surface area (Å²) < 4.78 is -0.0000926. The van der Waals surface area contributed by atoms with Crippen LogP contribution in [0.3, 0.4) is 0 Å². The SMILES string of the molecule is CC1(I)C2=C(C=C=NC=C2)c2cnccc21. The predicted molar refractivity (Wildman–Crippen MR) is 73.7 cm³/mol. The van der Waals surface area contributed by atoms with Crippen molar-refractivity contribution < 1.29 is 0 Å². The molecule has 3 heteroatoms. The van der Waals surface area contributed by atoms with Crippen molar-refractivity contribution in [2.75, 3.05) is 0 Å². The van der Waals surface area contributed by atoms with Gasteiger partial charge in [0.25, 0.3) is 0 Å². The molecule has 1 aromatic heterocycles. The molecule has 0 fully saturated rings. The van der Waals surface area contributed by atoms with E-state index in [0.29, 0.717) is 0 Å². The number of aromatic nitrogens is 1. The molecular weight excluding hydrogens is 311 g/mol. The summed E-state index contributed by atoms with van der Waals surface area (Å²) in [6, 6.07) is 2.09. The van der Waals surface area contributed by atoms with Crippen LogP contribution in [0.1, 0.15) is 18.1 Å². The first-order chi connectivity index (χ1) is 7.71. The molecule has 0 radical (unpaired) electrons. The van der Waals surface area contributed by atoms with Crippen LogP contribution in [0.4, 0.5) is 0 Å². The minimum absolute atomic E-state index is 0.0000926. The van der Waals surface area contributed by atoms with E-state index in [0.717, 1.165) is 0 Å². The Bertz CT molecular complexity index is 588. The summed E-state index contributed by atoms with van der Waals surface area (Å²) in [6.45, 7) is 2.22. The fourth-order valence-corrected chi connectivity index (χ4v) is 3.16. The molecule has 1 unspecified atom stereocenters. The van der Waals surface area contributed by atoms with Crippen LogP contribution in [-0.4, -0.2) is 10.9 Å². The maximum absolute atomic E-state index is 4.20. The van der Waals surface area contributed by atoms with Gasteiger partial charge in [0.2, 0.25) is 0 Å². The summed E-state index contributed by atoms with van der Waals surface area (Å²) in [5, 5.41) is 0. The minimum atomic E-state index is -0.0000926. The lowest BCUT2D eigenvalue weighted by molar-refractivity contribution is 0.902. The van der Waals surface area contributed by atoms with E-state index >= 15 is 0 Å². The zero-order valence-electron chi connectivity index (χ0n) is 8.74. The van der Waals surface area contributed by atoms with E-state index in [1.165, 1.54) is 22.3 Å². The lowest BCUT2D eigenvalue weighted by Gasteiger charge is -2.19. The topological polar surface area (TPSA) is 25.2 Å². The van der Waals surface area contributed by atoms with Gasteiger partial charge in [-0.1, -0.05) is 22.6 Å². The Labute approximate surface area is 108 Å². The number of rotatable bonds is 0. The molecule has 1 aliphatic carbocycles. The molecule has 0 saturated heterocycles. The number of fused-ring (bicyclic) bond motifs is 2. The van der Waals surface area contributed by atoms with Crippen molar-refractivity contribution in [3.63, 3.8) is 0 Å². The van der Waals surface area contributed by atoms with Gasteiger partial charge in [-0.3, -0.25) is 4.98 Å². The Balaban J connectivity index is 2.36. The average Bonchev–Trinajstić information content (AvgIpc) is 2.50. The number of pyridine rings is 1. The summed E-state index contributed by atoms with van der Waals surface area (Å²) in [5.41, 5.74) is 4.99. The predicted octanol–water partition coefficient (Wildman–Crippen LogP) is 3.25. The molecular formula is C13H9IN2. The van der Waals surface area contributed by atoms with Crippen LogP contribution in [-0.2, 0) is 3.42 Å². The summed E-state index contributed by atoms with van der Waals surface area (Å²) in [4.78, 5) is 8.24. The second-order valence-corrected chi connectivity index (χ2v) is 6.13. The van der Waals surface area contributed by atoms with Gasteiger partial charge in [-0.15, -0.1) is 0 Å². The van der Waals surface area contributed by atoms with Crippen molar-refractivity contribution in [1.82, 2.24) is 4.98 Å². The monoisotopic (exact) mass is 320 g/mol. The average molecular weight is 320 g/mol. The van der Waals surface area contributed by atoms with Gasteiger partial charge < -0.3 is 0 Å². The number of hydrogen-bond donors (Lipinski definition) is 0. The van der Waals surface area contributed by atoms with Gasteiger partial charge in [-0.05, 0) is 41.6 Å². The van der Waals surface area contributed by atoms with E-state index in [-0.39, 0.29) is 3.42 Å². The third kappa shape index (κ3) is 1.25. The van der Waals surface area contributed by atoms with E-state index in [1.807, 2.05) is 18.5 Å². The Hall–Kier alpha value is -1.19. The summed E-state index contributed by atoms with van der Waals surface area (Å²) in [6.07, 6.45) is 9.59. The second-order valence-electron chi connectivity index (χ2n) is 3.97. The smallest absolute Gasteiger partial charge is 0.0704 e. The Kier molecular flexibility index (Phi) is 2.13. The quantitative estimate of drug-likeness (QED) is 0.532. The van der Waals surface area contributed by atoms with Crippen molar-refractivity contribution in [2.45, 2.75) is 10.3 Å². The zero-order chi connectivity index (χ0) is 11.2. The Morgan fingerprint density at radius 3 is 3.19 bits per heavy atom. The normalized spacial score (nSPS) is 25.6. The molecule has 0 bridgehead atoms. The van der Waals surface area contributed by atoms with E-state index < -0.39 is 0 Å². The lowest BCUT2D eigenvalue weighted by atomic mass is 9.98. The molecule has 0 amide bonds. The molecule has 2 heterocycles. The Morgan fingerprint density at radius 1 is 1.44 bits per heavy atom. The second kappa shape index (κ2) is 3.40. The fraction of sp³-hybridized carbons (Fsp3) is 0.154. The van der Waals surface area contributed by atoms with Gasteiger partial charge in [0.1, 0.15) is 0 Å². The zero-order valence-corrected chi connectivity index (χ0v) is 10.9. The number of allylic oxidation sites excluding steroid dienone is 4. The highest BCUT2D eigenvalue weighted by atomic mass is 127. The van der Waals surface area contributed by atoms with Gasteiger partial charge >= 0.3 is 0 Å². The van der Waals surface area contributed by atoms with Crippen molar-refractivity contribution in [3.05, 3.63) is 53.5 Å². The van der Waals surface area contributed by atoms with Crippen molar-refractivity contribution in [2.24, 2.45) is 4.99 Å². The van der Waals surface area contributed by atoms with E-state index in [4.69, 9.17) is 0 Å². The van der Waals surface area contributed by atoms with Crippen molar-refractivity contribution in [3.8, 4) is 0 Å². The van der Waals surface area contributed by atoms with Crippen LogP contribution in [0.25, 0.3) is 5.57 Å². The minimum Gasteiger partial charge on any atom is -0.264 e. The molecule has 0 N–H and O–H groups in total. The molecule has 78 valence electrons. The molecule has 3 rings (SSSR count). The standard InChI is InChI=1S/C13H9IN2/c1-13(14)11-3-6-15-5-2-9(11)10-8-16-7-4-12(10)13/h2-4,6-8H,1H3. The lowest BCUT2D eigenvalue weighted by Crippen LogP contribution is -2.11. The largest absolute Gasteiger partial charge is 0.264 e. The van der Waals surface area contributed by atoms with Gasteiger partial charge in [0, 0.05) is 30.2 Å². The highest BCUT2D eigenvalue weighted by molar-refractivity contribution is 14.1. The van der Waals surface area contributed by atoms with Crippen LogP contribution in [0.15, 0.2) is 47.4 Å². The van der Waals surface area contributed by atoms with E-state index in [2.05, 4.69) is 57.5 Å². The van der Waals surface area contributed by atoms with E-state index in [1.54, 1.807) is 6.20 Å². The molecule has 1 atom stereocenters. The van der Waals surface area contributed by atoms with Crippen molar-refractivity contribution >= 4 is 34.0 Å². The van der Waals surface area contributed by atoms with Crippen LogP contribution in [0.2, 0.25) is 0 Å². The fourth-order valence-electron chi connectivity index (χ4n) is 2.22. The molecule has 1 aromatic rings. The van der Waals surface area contributed by atoms with Gasteiger partial charge in [0.05, 0.1) is 3.42 Å². The summed E-state index contributed by atoms with van der Waals surface area (Å²) in [5.74, 6) is 2.92. The van der Waals surface area contributed by atoms with Crippen molar-refractivity contribution in [1.29, 1.82) is 0 Å². The van der Waals surface area contributed by atoms with Crippen LogP contribution in [0, 0.1) is 0 Å². The summed E-state index contributed by atoms with van der Waals surface area (Å²) >= 11 is 2.48. The first kappa shape index (κ1) is 10.00.